The van der Waals surface area contributed by atoms with Crippen molar-refractivity contribution in [2.45, 2.75) is 6.42 Å². The second-order valence-electron chi connectivity index (χ2n) is 5.15. The molecule has 5 nitrogen and oxygen atoms in total. The third kappa shape index (κ3) is 2.52. The third-order valence-corrected chi connectivity index (χ3v) is 4.46. The van der Waals surface area contributed by atoms with E-state index in [0.29, 0.717) is 27.4 Å². The molecule has 1 aromatic heterocycles. The van der Waals surface area contributed by atoms with Crippen molar-refractivity contribution in [1.29, 1.82) is 0 Å². The Morgan fingerprint density at radius 1 is 1.04 bits per heavy atom. The van der Waals surface area contributed by atoms with Crippen LogP contribution in [-0.4, -0.2) is 16.8 Å². The number of nitrogens with two attached hydrogens (primary N) is 1. The Morgan fingerprint density at radius 2 is 1.87 bits per heavy atom. The van der Waals surface area contributed by atoms with Crippen LogP contribution >= 0.6 is 23.2 Å². The molecule has 0 spiro atoms. The molecule has 116 valence electrons. The lowest BCUT2D eigenvalue weighted by molar-refractivity contribution is 0.174. The summed E-state index contributed by atoms with van der Waals surface area (Å²) in [5.74, 6) is 1.66. The summed E-state index contributed by atoms with van der Waals surface area (Å²) in [6.07, 6.45) is 0.528. The topological polar surface area (TPSA) is 70.3 Å². The van der Waals surface area contributed by atoms with Gasteiger partial charge in [-0.05, 0) is 29.8 Å². The number of aromatic nitrogens is 2. The zero-order chi connectivity index (χ0) is 16.0. The highest BCUT2D eigenvalue weighted by atomic mass is 35.5. The molecular formula is C16H11Cl2N3O2. The van der Waals surface area contributed by atoms with Gasteiger partial charge >= 0.3 is 0 Å². The minimum Gasteiger partial charge on any atom is -0.454 e. The van der Waals surface area contributed by atoms with Gasteiger partial charge in [0, 0.05) is 11.8 Å². The van der Waals surface area contributed by atoms with Crippen LogP contribution in [0, 0.1) is 0 Å². The van der Waals surface area contributed by atoms with Gasteiger partial charge in [-0.3, -0.25) is 0 Å². The molecule has 2 heterocycles. The van der Waals surface area contributed by atoms with E-state index in [9.17, 15) is 0 Å². The zero-order valence-corrected chi connectivity index (χ0v) is 13.4. The van der Waals surface area contributed by atoms with Crippen LogP contribution in [0.25, 0.3) is 10.9 Å². The molecule has 7 heteroatoms. The number of fused-ring (bicyclic) bond motifs is 2. The summed E-state index contributed by atoms with van der Waals surface area (Å²) in [6, 6.07) is 9.23. The first kappa shape index (κ1) is 14.4. The third-order valence-electron chi connectivity index (χ3n) is 3.65. The molecule has 0 unspecified atom stereocenters. The molecule has 2 aromatic carbocycles. The van der Waals surface area contributed by atoms with Crippen LogP contribution < -0.4 is 15.2 Å². The summed E-state index contributed by atoms with van der Waals surface area (Å²) in [4.78, 5) is 8.56. The van der Waals surface area contributed by atoms with Gasteiger partial charge in [0.15, 0.2) is 11.5 Å². The fraction of sp³-hybridized carbons (Fsp3) is 0.125. The van der Waals surface area contributed by atoms with E-state index in [1.54, 1.807) is 12.1 Å². The molecule has 4 rings (SSSR count). The average molecular weight is 348 g/mol. The fourth-order valence-electron chi connectivity index (χ4n) is 2.62. The highest BCUT2D eigenvalue weighted by Crippen LogP contribution is 2.35. The lowest BCUT2D eigenvalue weighted by Crippen LogP contribution is -2.02. The maximum absolute atomic E-state index is 6.35. The molecule has 0 saturated carbocycles. The van der Waals surface area contributed by atoms with Crippen molar-refractivity contribution in [2.75, 3.05) is 12.5 Å². The number of nitrogen functional groups attached to an aromatic ring is 1. The van der Waals surface area contributed by atoms with Gasteiger partial charge in [-0.25, -0.2) is 9.97 Å². The molecule has 1 aliphatic heterocycles. The van der Waals surface area contributed by atoms with Gasteiger partial charge in [0.2, 0.25) is 12.7 Å². The highest BCUT2D eigenvalue weighted by Gasteiger charge is 2.16. The van der Waals surface area contributed by atoms with Crippen molar-refractivity contribution < 1.29 is 9.47 Å². The summed E-state index contributed by atoms with van der Waals surface area (Å²) in [5, 5.41) is 1.60. The van der Waals surface area contributed by atoms with Crippen LogP contribution in [0.1, 0.15) is 11.3 Å². The van der Waals surface area contributed by atoms with E-state index in [4.69, 9.17) is 38.4 Å². The first-order valence-electron chi connectivity index (χ1n) is 6.90. The van der Waals surface area contributed by atoms with Gasteiger partial charge in [0.05, 0.1) is 21.3 Å². The van der Waals surface area contributed by atoms with E-state index >= 15 is 0 Å². The van der Waals surface area contributed by atoms with Crippen molar-refractivity contribution in [2.24, 2.45) is 0 Å². The van der Waals surface area contributed by atoms with Gasteiger partial charge in [-0.1, -0.05) is 29.3 Å². The van der Waals surface area contributed by atoms with Crippen molar-refractivity contribution in [1.82, 2.24) is 9.97 Å². The average Bonchev–Trinajstić information content (AvgIpc) is 2.98. The number of halogens is 2. The number of rotatable bonds is 2. The summed E-state index contributed by atoms with van der Waals surface area (Å²) in [6.45, 7) is 0.240. The molecule has 0 amide bonds. The van der Waals surface area contributed by atoms with Gasteiger partial charge < -0.3 is 15.2 Å². The number of nitrogens with zero attached hydrogens (tertiary/aromatic N) is 2. The smallest absolute Gasteiger partial charge is 0.231 e. The van der Waals surface area contributed by atoms with Crippen LogP contribution in [-0.2, 0) is 6.42 Å². The largest absolute Gasteiger partial charge is 0.454 e. The Kier molecular flexibility index (Phi) is 3.39. The van der Waals surface area contributed by atoms with E-state index in [2.05, 4.69) is 9.97 Å². The molecule has 1 aliphatic rings. The first-order valence-corrected chi connectivity index (χ1v) is 7.66. The van der Waals surface area contributed by atoms with Crippen LogP contribution in [0.3, 0.4) is 0 Å². The van der Waals surface area contributed by atoms with Crippen molar-refractivity contribution in [3.63, 3.8) is 0 Å². The molecule has 2 N–H and O–H groups in total. The van der Waals surface area contributed by atoms with Crippen molar-refractivity contribution >= 4 is 40.1 Å². The second kappa shape index (κ2) is 5.44. The number of benzene rings is 2. The van der Waals surface area contributed by atoms with Crippen molar-refractivity contribution in [3.05, 3.63) is 51.6 Å². The molecule has 3 aromatic rings. The van der Waals surface area contributed by atoms with Crippen LogP contribution in [0.2, 0.25) is 10.0 Å². The molecular weight excluding hydrogens is 337 g/mol. The molecule has 0 radical (unpaired) electrons. The lowest BCUT2D eigenvalue weighted by Gasteiger charge is -2.10. The second-order valence-corrected chi connectivity index (χ2v) is 5.93. The monoisotopic (exact) mass is 347 g/mol. The van der Waals surface area contributed by atoms with Gasteiger partial charge in [-0.15, -0.1) is 0 Å². The van der Waals surface area contributed by atoms with E-state index in [1.165, 1.54) is 0 Å². The molecule has 23 heavy (non-hydrogen) atoms. The number of hydrogen-bond donors (Lipinski definition) is 1. The maximum atomic E-state index is 6.35. The van der Waals surface area contributed by atoms with Crippen LogP contribution in [0.5, 0.6) is 11.5 Å². The first-order chi connectivity index (χ1) is 11.1. The minimum atomic E-state index is 0.201. The Morgan fingerprint density at radius 3 is 2.74 bits per heavy atom. The van der Waals surface area contributed by atoms with E-state index in [0.717, 1.165) is 22.8 Å². The molecule has 0 atom stereocenters. The molecule has 0 fully saturated rings. The Hall–Kier alpha value is -2.24. The number of anilines is 1. The lowest BCUT2D eigenvalue weighted by atomic mass is 10.0. The van der Waals surface area contributed by atoms with Crippen molar-refractivity contribution in [3.8, 4) is 11.5 Å². The Bertz CT molecular complexity index is 931. The van der Waals surface area contributed by atoms with Gasteiger partial charge in [0.25, 0.3) is 0 Å². The quantitative estimate of drug-likeness (QED) is 0.762. The standard InChI is InChI=1S/C16H11Cl2N3O2/c17-9-2-3-10-14(15(9)18)11(21-16(19)20-10)5-8-1-4-12-13(6-8)23-7-22-12/h1-4,6H,5,7H2,(H2,19,20,21). The van der Waals surface area contributed by atoms with E-state index in [-0.39, 0.29) is 12.7 Å². The van der Waals surface area contributed by atoms with E-state index in [1.807, 2.05) is 18.2 Å². The van der Waals surface area contributed by atoms with Crippen LogP contribution in [0.4, 0.5) is 5.95 Å². The molecule has 0 aliphatic carbocycles. The summed E-state index contributed by atoms with van der Waals surface area (Å²) < 4.78 is 10.7. The maximum Gasteiger partial charge on any atom is 0.231 e. The Balaban J connectivity index is 1.83. The van der Waals surface area contributed by atoms with Crippen LogP contribution in [0.15, 0.2) is 30.3 Å². The zero-order valence-electron chi connectivity index (χ0n) is 11.8. The Labute approximate surface area is 142 Å². The minimum absolute atomic E-state index is 0.201. The van der Waals surface area contributed by atoms with E-state index < -0.39 is 0 Å². The summed E-state index contributed by atoms with van der Waals surface area (Å²) in [5.41, 5.74) is 8.21. The predicted octanol–water partition coefficient (Wildman–Crippen LogP) is 3.84. The highest BCUT2D eigenvalue weighted by molar-refractivity contribution is 6.45. The fourth-order valence-corrected chi connectivity index (χ4v) is 3.05. The van der Waals surface area contributed by atoms with Gasteiger partial charge in [0.1, 0.15) is 0 Å². The molecule has 0 bridgehead atoms. The normalized spacial score (nSPS) is 12.8. The number of ether oxygens (including phenoxy) is 2. The molecule has 0 saturated heterocycles. The SMILES string of the molecule is Nc1nc(Cc2ccc3c(c2)OCO3)c2c(Cl)c(Cl)ccc2n1. The summed E-state index contributed by atoms with van der Waals surface area (Å²) in [7, 11) is 0. The predicted molar refractivity (Wildman–Crippen MR) is 89.3 cm³/mol. The van der Waals surface area contributed by atoms with Gasteiger partial charge in [-0.2, -0.15) is 0 Å². The number of hydrogen-bond acceptors (Lipinski definition) is 5. The summed E-state index contributed by atoms with van der Waals surface area (Å²) >= 11 is 12.5.